The first-order valence-corrected chi connectivity index (χ1v) is 8.53. The first-order chi connectivity index (χ1) is 11.9. The van der Waals surface area contributed by atoms with Crippen LogP contribution in [0, 0.1) is 10.1 Å². The molecule has 8 nitrogen and oxygen atoms in total. The van der Waals surface area contributed by atoms with Gasteiger partial charge in [0.2, 0.25) is 5.91 Å². The maximum Gasteiger partial charge on any atom is 0.286 e. The molecule has 0 aromatic heterocycles. The molecule has 2 amide bonds. The van der Waals surface area contributed by atoms with Crippen molar-refractivity contribution in [3.63, 3.8) is 0 Å². The van der Waals surface area contributed by atoms with Crippen molar-refractivity contribution in [3.8, 4) is 0 Å². The number of amides is 2. The van der Waals surface area contributed by atoms with Crippen LogP contribution in [0.15, 0.2) is 34.2 Å². The summed E-state index contributed by atoms with van der Waals surface area (Å²) < 4.78 is 0. The monoisotopic (exact) mass is 360 g/mol. The number of piperazine rings is 1. The van der Waals surface area contributed by atoms with Crippen LogP contribution < -0.4 is 0 Å². The van der Waals surface area contributed by atoms with E-state index in [0.29, 0.717) is 41.8 Å². The van der Waals surface area contributed by atoms with Crippen LogP contribution >= 0.6 is 11.8 Å². The van der Waals surface area contributed by atoms with E-state index in [1.54, 1.807) is 30.0 Å². The molecule has 0 spiro atoms. The molecule has 0 aliphatic carbocycles. The maximum absolute atomic E-state index is 12.1. The Bertz CT molecular complexity index is 797. The molecule has 0 bridgehead atoms. The van der Waals surface area contributed by atoms with Crippen molar-refractivity contribution < 1.29 is 14.5 Å². The Balaban J connectivity index is 1.70. The number of thioether (sulfide) groups is 1. The number of benzene rings is 1. The highest BCUT2D eigenvalue weighted by atomic mass is 32.2. The van der Waals surface area contributed by atoms with Gasteiger partial charge >= 0.3 is 0 Å². The van der Waals surface area contributed by atoms with Gasteiger partial charge in [0.05, 0.1) is 9.83 Å². The van der Waals surface area contributed by atoms with Crippen molar-refractivity contribution in [3.05, 3.63) is 44.8 Å². The summed E-state index contributed by atoms with van der Waals surface area (Å²) in [4.78, 5) is 42.1. The molecular formula is C16H16N4O4S. The van der Waals surface area contributed by atoms with Gasteiger partial charge in [0.25, 0.3) is 11.6 Å². The molecule has 3 rings (SSSR count). The molecule has 130 valence electrons. The molecule has 2 heterocycles. The van der Waals surface area contributed by atoms with E-state index >= 15 is 0 Å². The fourth-order valence-electron chi connectivity index (χ4n) is 2.63. The zero-order chi connectivity index (χ0) is 18.0. The summed E-state index contributed by atoms with van der Waals surface area (Å²) in [7, 11) is 0. The summed E-state index contributed by atoms with van der Waals surface area (Å²) in [5.74, 6) is -0.302. The number of carbonyl (C=O) groups is 2. The Morgan fingerprint density at radius 3 is 2.68 bits per heavy atom. The minimum atomic E-state index is -0.470. The van der Waals surface area contributed by atoms with Gasteiger partial charge in [0.15, 0.2) is 5.17 Å². The quantitative estimate of drug-likeness (QED) is 0.453. The van der Waals surface area contributed by atoms with Gasteiger partial charge < -0.3 is 9.80 Å². The molecule has 1 aromatic carbocycles. The Hall–Kier alpha value is -2.68. The highest BCUT2D eigenvalue weighted by Gasteiger charge is 2.29. The maximum atomic E-state index is 12.1. The molecule has 0 radical (unpaired) electrons. The average Bonchev–Trinajstić information content (AvgIpc) is 2.96. The zero-order valence-corrected chi connectivity index (χ0v) is 14.4. The van der Waals surface area contributed by atoms with E-state index < -0.39 is 4.92 Å². The van der Waals surface area contributed by atoms with Crippen LogP contribution in [0.4, 0.5) is 5.69 Å². The Morgan fingerprint density at radius 2 is 2.04 bits per heavy atom. The van der Waals surface area contributed by atoms with E-state index in [0.717, 1.165) is 0 Å². The van der Waals surface area contributed by atoms with Crippen molar-refractivity contribution in [2.24, 2.45) is 4.99 Å². The molecule has 25 heavy (non-hydrogen) atoms. The number of nitrogens with zero attached hydrogens (tertiary/aromatic N) is 4. The molecule has 2 aliphatic heterocycles. The van der Waals surface area contributed by atoms with Gasteiger partial charge in [-0.25, -0.2) is 0 Å². The van der Waals surface area contributed by atoms with Crippen molar-refractivity contribution >= 4 is 40.5 Å². The first-order valence-electron chi connectivity index (χ1n) is 7.71. The number of nitro benzene ring substituents is 1. The number of non-ortho nitro benzene ring substituents is 1. The zero-order valence-electron chi connectivity index (χ0n) is 13.5. The third-order valence-electron chi connectivity index (χ3n) is 3.98. The second-order valence-electron chi connectivity index (χ2n) is 5.66. The predicted molar refractivity (Wildman–Crippen MR) is 94.9 cm³/mol. The lowest BCUT2D eigenvalue weighted by Crippen LogP contribution is -2.49. The molecular weight excluding hydrogens is 344 g/mol. The smallest absolute Gasteiger partial charge is 0.286 e. The van der Waals surface area contributed by atoms with Crippen molar-refractivity contribution in [1.29, 1.82) is 0 Å². The van der Waals surface area contributed by atoms with Crippen LogP contribution in [0.2, 0.25) is 0 Å². The second-order valence-corrected chi connectivity index (χ2v) is 6.66. The molecule has 1 fully saturated rings. The van der Waals surface area contributed by atoms with Gasteiger partial charge in [-0.2, -0.15) is 4.99 Å². The number of hydrogen-bond donors (Lipinski definition) is 0. The number of aliphatic imine (C=N–C) groups is 1. The Kier molecular flexibility index (Phi) is 4.84. The first kappa shape index (κ1) is 17.2. The minimum absolute atomic E-state index is 0.0220. The standard InChI is InChI=1S/C16H16N4O4S/c1-11(21)18-5-7-19(8-6-18)16-17-15(22)14(25-16)10-12-3-2-4-13(9-12)20(23)24/h2-4,9-10H,5-8H2,1H3. The van der Waals surface area contributed by atoms with Gasteiger partial charge in [-0.1, -0.05) is 12.1 Å². The van der Waals surface area contributed by atoms with Crippen LogP contribution in [-0.2, 0) is 9.59 Å². The van der Waals surface area contributed by atoms with Crippen LogP contribution in [0.25, 0.3) is 6.08 Å². The number of hydrogen-bond acceptors (Lipinski definition) is 6. The van der Waals surface area contributed by atoms with Crippen LogP contribution in [0.5, 0.6) is 0 Å². The number of nitro groups is 1. The summed E-state index contributed by atoms with van der Waals surface area (Å²) in [5.41, 5.74) is 0.564. The molecule has 1 aromatic rings. The van der Waals surface area contributed by atoms with E-state index in [9.17, 15) is 19.7 Å². The SMILES string of the molecule is CC(=O)N1CCN(C2=NC(=O)C(=Cc3cccc([N+](=O)[O-])c3)S2)CC1. The predicted octanol–water partition coefficient (Wildman–Crippen LogP) is 1.73. The number of amidine groups is 1. The van der Waals surface area contributed by atoms with Gasteiger partial charge in [0, 0.05) is 45.2 Å². The Morgan fingerprint density at radius 1 is 1.32 bits per heavy atom. The largest absolute Gasteiger partial charge is 0.347 e. The lowest BCUT2D eigenvalue weighted by Gasteiger charge is -2.34. The Labute approximate surface area is 148 Å². The highest BCUT2D eigenvalue weighted by molar-refractivity contribution is 8.18. The van der Waals surface area contributed by atoms with Crippen LogP contribution in [0.1, 0.15) is 12.5 Å². The van der Waals surface area contributed by atoms with Crippen LogP contribution in [0.3, 0.4) is 0 Å². The summed E-state index contributed by atoms with van der Waals surface area (Å²) >= 11 is 1.26. The number of carbonyl (C=O) groups excluding carboxylic acids is 2. The van der Waals surface area contributed by atoms with Crippen molar-refractivity contribution in [2.45, 2.75) is 6.92 Å². The lowest BCUT2D eigenvalue weighted by molar-refractivity contribution is -0.384. The van der Waals surface area contributed by atoms with E-state index in [4.69, 9.17) is 0 Å². The topological polar surface area (TPSA) is 96.1 Å². The summed E-state index contributed by atoms with van der Waals surface area (Å²) in [6, 6.07) is 6.11. The van der Waals surface area contributed by atoms with Crippen LogP contribution in [-0.4, -0.2) is 57.9 Å². The third-order valence-corrected chi connectivity index (χ3v) is 5.03. The second kappa shape index (κ2) is 7.06. The van der Waals surface area contributed by atoms with Crippen molar-refractivity contribution in [1.82, 2.24) is 9.80 Å². The van der Waals surface area contributed by atoms with Crippen molar-refractivity contribution in [2.75, 3.05) is 26.2 Å². The normalized spacial score (nSPS) is 19.3. The minimum Gasteiger partial charge on any atom is -0.347 e. The molecule has 1 saturated heterocycles. The van der Waals surface area contributed by atoms with Gasteiger partial charge in [-0.05, 0) is 23.4 Å². The summed E-state index contributed by atoms with van der Waals surface area (Å²) in [6.07, 6.45) is 1.61. The fraction of sp³-hybridized carbons (Fsp3) is 0.312. The van der Waals surface area contributed by atoms with Gasteiger partial charge in [-0.3, -0.25) is 19.7 Å². The van der Waals surface area contributed by atoms with E-state index in [1.165, 1.54) is 23.9 Å². The number of rotatable bonds is 2. The average molecular weight is 360 g/mol. The molecule has 0 unspecified atom stereocenters. The van der Waals surface area contributed by atoms with Gasteiger partial charge in [0.1, 0.15) is 0 Å². The summed E-state index contributed by atoms with van der Waals surface area (Å²) in [6.45, 7) is 4.01. The molecule has 0 N–H and O–H groups in total. The third kappa shape index (κ3) is 3.87. The molecule has 0 atom stereocenters. The van der Waals surface area contributed by atoms with Gasteiger partial charge in [-0.15, -0.1) is 0 Å². The lowest BCUT2D eigenvalue weighted by atomic mass is 10.2. The summed E-state index contributed by atoms with van der Waals surface area (Å²) in [5, 5.41) is 11.5. The van der Waals surface area contributed by atoms with E-state index in [2.05, 4.69) is 4.99 Å². The highest BCUT2D eigenvalue weighted by Crippen LogP contribution is 2.31. The molecule has 2 aliphatic rings. The molecule has 9 heteroatoms. The van der Waals surface area contributed by atoms with E-state index in [-0.39, 0.29) is 17.5 Å². The molecule has 0 saturated carbocycles. The fourth-order valence-corrected chi connectivity index (χ4v) is 3.59. The van der Waals surface area contributed by atoms with E-state index in [1.807, 2.05) is 4.90 Å².